The number of aromatic nitrogens is 4. The molecule has 274 valence electrons. The molecule has 4 rings (SSSR count). The van der Waals surface area contributed by atoms with Gasteiger partial charge in [0.15, 0.2) is 11.6 Å². The highest BCUT2D eigenvalue weighted by molar-refractivity contribution is 6.88. The van der Waals surface area contributed by atoms with Crippen LogP contribution < -0.4 is 15.0 Å². The van der Waals surface area contributed by atoms with Gasteiger partial charge in [-0.1, -0.05) is 26.6 Å². The molecule has 1 saturated carbocycles. The van der Waals surface area contributed by atoms with E-state index in [1.807, 2.05) is 0 Å². The lowest BCUT2D eigenvalue weighted by molar-refractivity contribution is -0.139. The molecule has 0 spiro atoms. The lowest BCUT2D eigenvalue weighted by Gasteiger charge is -2.36. The number of nitrogens with zero attached hydrogens (tertiary/aromatic N) is 5. The minimum Gasteiger partial charge on any atom is -0.465 e. The number of ether oxygens (including phenoxy) is 4. The van der Waals surface area contributed by atoms with Gasteiger partial charge < -0.3 is 23.8 Å². The van der Waals surface area contributed by atoms with Crippen molar-refractivity contribution < 1.29 is 46.1 Å². The number of methoxy groups -OCH3 is 3. The molecule has 0 unspecified atom stereocenters. The summed E-state index contributed by atoms with van der Waals surface area (Å²) in [4.78, 5) is 33.8. The lowest BCUT2D eigenvalue weighted by Crippen LogP contribution is -2.49. The average Bonchev–Trinajstić information content (AvgIpc) is 3.42. The second kappa shape index (κ2) is 16.0. The van der Waals surface area contributed by atoms with Crippen molar-refractivity contribution in [2.24, 2.45) is 11.8 Å². The molecule has 11 nitrogen and oxygen atoms in total. The van der Waals surface area contributed by atoms with Crippen LogP contribution in [0.3, 0.4) is 0 Å². The van der Waals surface area contributed by atoms with E-state index in [4.69, 9.17) is 18.9 Å². The molecule has 0 N–H and O–H groups in total. The van der Waals surface area contributed by atoms with Gasteiger partial charge in [0.25, 0.3) is 0 Å². The van der Waals surface area contributed by atoms with Crippen molar-refractivity contribution in [1.82, 2.24) is 20.0 Å². The molecule has 1 aliphatic carbocycles. The topological polar surface area (TPSA) is 118 Å². The zero-order valence-corrected chi connectivity index (χ0v) is 30.7. The maximum Gasteiger partial charge on any atom is 0.421 e. The van der Waals surface area contributed by atoms with Crippen LogP contribution in [0.25, 0.3) is 0 Å². The quantitative estimate of drug-likeness (QED) is 0.117. The van der Waals surface area contributed by atoms with Crippen LogP contribution in [0.2, 0.25) is 19.6 Å². The minimum absolute atomic E-state index is 0.0124. The van der Waals surface area contributed by atoms with Gasteiger partial charge in [0, 0.05) is 38.5 Å². The van der Waals surface area contributed by atoms with Gasteiger partial charge in [0.1, 0.15) is 13.6 Å². The first kappa shape index (κ1) is 38.9. The first-order valence-electron chi connectivity index (χ1n) is 16.4. The Hall–Kier alpha value is -3.89. The number of hydrogen-bond donors (Lipinski definition) is 0. The number of aryl methyl sites for hydroxylation is 1. The molecule has 3 aromatic rings. The van der Waals surface area contributed by atoms with E-state index in [1.165, 1.54) is 23.9 Å². The highest BCUT2D eigenvalue weighted by Gasteiger charge is 2.38. The Morgan fingerprint density at radius 1 is 1.02 bits per heavy atom. The highest BCUT2D eigenvalue weighted by Crippen LogP contribution is 2.40. The van der Waals surface area contributed by atoms with Crippen molar-refractivity contribution in [3.63, 3.8) is 0 Å². The number of carbonyl (C=O) groups excluding carboxylic acids is 2. The number of esters is 1. The molecule has 0 aliphatic heterocycles. The molecule has 0 saturated heterocycles. The number of halogens is 4. The molecule has 0 radical (unpaired) electrons. The van der Waals surface area contributed by atoms with Crippen LogP contribution in [0.1, 0.15) is 59.8 Å². The Kier molecular flexibility index (Phi) is 12.4. The van der Waals surface area contributed by atoms with Crippen LogP contribution in [0.5, 0.6) is 11.6 Å². The smallest absolute Gasteiger partial charge is 0.421 e. The van der Waals surface area contributed by atoms with Gasteiger partial charge in [-0.15, -0.1) is 0 Å². The zero-order chi connectivity index (χ0) is 37.0. The molecule has 1 aliphatic rings. The number of hydrogen-bond acceptors (Lipinski definition) is 9. The Bertz CT molecular complexity index is 1660. The van der Waals surface area contributed by atoms with Crippen LogP contribution in [-0.4, -0.2) is 80.5 Å². The van der Waals surface area contributed by atoms with Crippen LogP contribution >= 0.6 is 0 Å². The van der Waals surface area contributed by atoms with Gasteiger partial charge in [-0.25, -0.2) is 14.2 Å². The third-order valence-electron chi connectivity index (χ3n) is 8.68. The molecule has 1 fully saturated rings. The minimum atomic E-state index is -4.94. The van der Waals surface area contributed by atoms with E-state index in [9.17, 15) is 22.8 Å². The van der Waals surface area contributed by atoms with Crippen LogP contribution in [0, 0.1) is 24.6 Å². The molecule has 0 atom stereocenters. The van der Waals surface area contributed by atoms with Crippen molar-refractivity contribution >= 4 is 31.0 Å². The number of anilines is 1. The molecular formula is C34H45F4N5O6Si. The zero-order valence-electron chi connectivity index (χ0n) is 29.7. The number of amides is 1. The fourth-order valence-corrected chi connectivity index (χ4v) is 7.75. The second-order valence-electron chi connectivity index (χ2n) is 13.7. The predicted molar refractivity (Wildman–Crippen MR) is 180 cm³/mol. The van der Waals surface area contributed by atoms with E-state index < -0.39 is 55.2 Å². The molecule has 1 aromatic carbocycles. The van der Waals surface area contributed by atoms with E-state index in [0.717, 1.165) is 49.7 Å². The summed E-state index contributed by atoms with van der Waals surface area (Å²) < 4.78 is 80.2. The normalized spacial score (nSPS) is 16.8. The van der Waals surface area contributed by atoms with Crippen LogP contribution in [-0.2, 0) is 31.7 Å². The van der Waals surface area contributed by atoms with E-state index in [-0.39, 0.29) is 42.5 Å². The second-order valence-corrected chi connectivity index (χ2v) is 18.7. The summed E-state index contributed by atoms with van der Waals surface area (Å²) in [5, 5.41) is 9.70. The number of benzene rings is 1. The van der Waals surface area contributed by atoms with Crippen molar-refractivity contribution in [3.05, 3.63) is 52.6 Å². The molecule has 1 amide bonds. The molecule has 50 heavy (non-hydrogen) atoms. The van der Waals surface area contributed by atoms with E-state index in [0.29, 0.717) is 24.5 Å². The monoisotopic (exact) mass is 723 g/mol. The summed E-state index contributed by atoms with van der Waals surface area (Å²) in [6.07, 6.45) is -0.948. The number of carbonyl (C=O) groups is 2. The summed E-state index contributed by atoms with van der Waals surface area (Å²) in [5.74, 6) is -4.08. The third kappa shape index (κ3) is 9.06. The van der Waals surface area contributed by atoms with Gasteiger partial charge in [-0.2, -0.15) is 28.2 Å². The maximum absolute atomic E-state index is 16.0. The van der Waals surface area contributed by atoms with Gasteiger partial charge in [-0.3, -0.25) is 4.79 Å². The summed E-state index contributed by atoms with van der Waals surface area (Å²) in [7, 11) is 2.11. The van der Waals surface area contributed by atoms with E-state index in [2.05, 4.69) is 41.7 Å². The maximum atomic E-state index is 16.0. The Balaban J connectivity index is 1.76. The molecule has 16 heteroatoms. The lowest BCUT2D eigenvalue weighted by atomic mass is 9.82. The number of pyridine rings is 1. The van der Waals surface area contributed by atoms with Crippen LogP contribution in [0.4, 0.5) is 23.2 Å². The SMILES string of the molecule is COCC(COC)N(c1cc(F)c(Oc2ncc(Cn3nc(C)c([Si](C)(C)C)n3)cc2C(F)(F)F)cc1C(=O)OC)C(=O)[C@H]1CC[C@H](C)CC1. The van der Waals surface area contributed by atoms with E-state index >= 15 is 4.39 Å². The summed E-state index contributed by atoms with van der Waals surface area (Å²) in [6, 6.07) is 1.87. The van der Waals surface area contributed by atoms with Crippen molar-refractivity contribution in [3.8, 4) is 11.6 Å². The Labute approximate surface area is 290 Å². The highest BCUT2D eigenvalue weighted by atomic mass is 28.3. The standard InChI is InChI=1S/C34H45F4N5O6Si/c1-20-9-11-23(12-10-20)32(44)43(24(18-46-3)19-47-4)28-15-27(35)29(14-25(28)33(45)48-5)49-30-26(34(36,37)38)13-22(16-39-30)17-42-40-21(2)31(41-42)50(6,7)8/h13-16,20,23-24H,9-12,17-19H2,1-8H3/t20-,23-. The Morgan fingerprint density at radius 3 is 2.20 bits per heavy atom. The van der Waals surface area contributed by atoms with Gasteiger partial charge >= 0.3 is 12.1 Å². The van der Waals surface area contributed by atoms with E-state index in [1.54, 1.807) is 6.92 Å². The summed E-state index contributed by atoms with van der Waals surface area (Å²) >= 11 is 0. The van der Waals surface area contributed by atoms with Crippen LogP contribution in [0.15, 0.2) is 24.4 Å². The summed E-state index contributed by atoms with van der Waals surface area (Å²) in [6.45, 7) is 10.1. The van der Waals surface area contributed by atoms with Gasteiger partial charge in [0.2, 0.25) is 11.8 Å². The van der Waals surface area contributed by atoms with Gasteiger partial charge in [-0.05, 0) is 50.2 Å². The molecule has 2 aromatic heterocycles. The molecular weight excluding hydrogens is 678 g/mol. The largest absolute Gasteiger partial charge is 0.465 e. The van der Waals surface area contributed by atoms with Gasteiger partial charge in [0.05, 0.1) is 55.2 Å². The third-order valence-corrected chi connectivity index (χ3v) is 10.6. The predicted octanol–water partition coefficient (Wildman–Crippen LogP) is 6.13. The first-order valence-corrected chi connectivity index (χ1v) is 19.9. The molecule has 2 heterocycles. The fraction of sp³-hybridized carbons (Fsp3) is 0.559. The first-order chi connectivity index (χ1) is 23.5. The molecule has 0 bridgehead atoms. The number of alkyl halides is 3. The van der Waals surface area contributed by atoms with Crippen molar-refractivity contribution in [2.45, 2.75) is 77.9 Å². The summed E-state index contributed by atoms with van der Waals surface area (Å²) in [5.41, 5.74) is -0.874. The Morgan fingerprint density at radius 2 is 1.66 bits per heavy atom. The fourth-order valence-electron chi connectivity index (χ4n) is 6.20. The number of rotatable bonds is 13. The average molecular weight is 724 g/mol. The van der Waals surface area contributed by atoms with Crippen molar-refractivity contribution in [2.75, 3.05) is 39.4 Å². The van der Waals surface area contributed by atoms with Crippen molar-refractivity contribution in [1.29, 1.82) is 0 Å².